The third-order valence-corrected chi connectivity index (χ3v) is 3.17. The van der Waals surface area contributed by atoms with E-state index in [4.69, 9.17) is 0 Å². The van der Waals surface area contributed by atoms with Crippen molar-refractivity contribution in [1.29, 1.82) is 0 Å². The molecule has 1 saturated carbocycles. The SMILES string of the molecule is CCCNCc1cc(C2CCCC2)n[nH]1. The van der Waals surface area contributed by atoms with Crippen molar-refractivity contribution in [2.75, 3.05) is 6.54 Å². The van der Waals surface area contributed by atoms with Gasteiger partial charge in [-0.3, -0.25) is 5.10 Å². The molecule has 1 aromatic heterocycles. The van der Waals surface area contributed by atoms with Crippen molar-refractivity contribution in [3.05, 3.63) is 17.5 Å². The van der Waals surface area contributed by atoms with Crippen molar-refractivity contribution >= 4 is 0 Å². The molecule has 1 fully saturated rings. The third-order valence-electron chi connectivity index (χ3n) is 3.17. The summed E-state index contributed by atoms with van der Waals surface area (Å²) in [5.74, 6) is 0.723. The van der Waals surface area contributed by atoms with Crippen LogP contribution in [0, 0.1) is 0 Å². The molecule has 0 atom stereocenters. The summed E-state index contributed by atoms with van der Waals surface area (Å²) in [6.07, 6.45) is 6.59. The summed E-state index contributed by atoms with van der Waals surface area (Å²) in [6, 6.07) is 2.23. The molecule has 3 nitrogen and oxygen atoms in total. The monoisotopic (exact) mass is 207 g/mol. The molecule has 1 aliphatic rings. The summed E-state index contributed by atoms with van der Waals surface area (Å²) in [5.41, 5.74) is 2.51. The molecule has 0 bridgehead atoms. The van der Waals surface area contributed by atoms with Gasteiger partial charge in [0, 0.05) is 18.2 Å². The summed E-state index contributed by atoms with van der Waals surface area (Å²) < 4.78 is 0. The van der Waals surface area contributed by atoms with Crippen molar-refractivity contribution < 1.29 is 0 Å². The Morgan fingerprint density at radius 3 is 3.00 bits per heavy atom. The second-order valence-electron chi connectivity index (χ2n) is 4.48. The Bertz CT molecular complexity index is 287. The van der Waals surface area contributed by atoms with E-state index in [0.29, 0.717) is 0 Å². The number of aromatic amines is 1. The van der Waals surface area contributed by atoms with Gasteiger partial charge in [-0.05, 0) is 31.9 Å². The lowest BCUT2D eigenvalue weighted by Crippen LogP contribution is -2.13. The average Bonchev–Trinajstić information content (AvgIpc) is 2.87. The highest BCUT2D eigenvalue weighted by atomic mass is 15.1. The minimum Gasteiger partial charge on any atom is -0.311 e. The lowest BCUT2D eigenvalue weighted by molar-refractivity contribution is 0.662. The first-order valence-corrected chi connectivity index (χ1v) is 6.15. The average molecular weight is 207 g/mol. The lowest BCUT2D eigenvalue weighted by Gasteiger charge is -2.02. The molecule has 3 heteroatoms. The van der Waals surface area contributed by atoms with Crippen LogP contribution in [-0.2, 0) is 6.54 Å². The van der Waals surface area contributed by atoms with Crippen LogP contribution in [0.4, 0.5) is 0 Å². The normalized spacial score (nSPS) is 17.4. The van der Waals surface area contributed by atoms with Gasteiger partial charge < -0.3 is 5.32 Å². The number of hydrogen-bond donors (Lipinski definition) is 2. The molecule has 1 aromatic rings. The van der Waals surface area contributed by atoms with Crippen LogP contribution in [0.5, 0.6) is 0 Å². The van der Waals surface area contributed by atoms with Crippen LogP contribution >= 0.6 is 0 Å². The first kappa shape index (κ1) is 10.7. The summed E-state index contributed by atoms with van der Waals surface area (Å²) in [6.45, 7) is 4.19. The Morgan fingerprint density at radius 2 is 2.27 bits per heavy atom. The molecule has 0 aliphatic heterocycles. The summed E-state index contributed by atoms with van der Waals surface area (Å²) in [4.78, 5) is 0. The van der Waals surface area contributed by atoms with Crippen LogP contribution in [0.25, 0.3) is 0 Å². The quantitative estimate of drug-likeness (QED) is 0.729. The molecule has 1 heterocycles. The smallest absolute Gasteiger partial charge is 0.0656 e. The molecular formula is C12H21N3. The molecule has 0 saturated heterocycles. The number of H-pyrrole nitrogens is 1. The predicted molar refractivity (Wildman–Crippen MR) is 61.8 cm³/mol. The van der Waals surface area contributed by atoms with Crippen LogP contribution in [0.15, 0.2) is 6.07 Å². The Labute approximate surface area is 91.7 Å². The number of hydrogen-bond acceptors (Lipinski definition) is 2. The summed E-state index contributed by atoms with van der Waals surface area (Å²) in [7, 11) is 0. The standard InChI is InChI=1S/C12H21N3/c1-2-7-13-9-11-8-12(15-14-11)10-5-3-4-6-10/h8,10,13H,2-7,9H2,1H3,(H,14,15). The van der Waals surface area contributed by atoms with Gasteiger partial charge in [0.25, 0.3) is 0 Å². The summed E-state index contributed by atoms with van der Waals surface area (Å²) >= 11 is 0. The maximum atomic E-state index is 4.41. The highest BCUT2D eigenvalue weighted by Gasteiger charge is 2.19. The molecule has 15 heavy (non-hydrogen) atoms. The van der Waals surface area contributed by atoms with Gasteiger partial charge in [0.2, 0.25) is 0 Å². The zero-order valence-corrected chi connectivity index (χ0v) is 9.55. The highest BCUT2D eigenvalue weighted by Crippen LogP contribution is 2.32. The fourth-order valence-corrected chi connectivity index (χ4v) is 2.30. The lowest BCUT2D eigenvalue weighted by atomic mass is 10.0. The Morgan fingerprint density at radius 1 is 1.47 bits per heavy atom. The Hall–Kier alpha value is -0.830. The molecule has 0 spiro atoms. The van der Waals surface area contributed by atoms with E-state index in [1.807, 2.05) is 0 Å². The molecule has 0 radical (unpaired) electrons. The van der Waals surface area contributed by atoms with E-state index in [9.17, 15) is 0 Å². The Kier molecular flexibility index (Phi) is 3.78. The van der Waals surface area contributed by atoms with Crippen molar-refractivity contribution in [3.63, 3.8) is 0 Å². The zero-order valence-electron chi connectivity index (χ0n) is 9.55. The second kappa shape index (κ2) is 5.31. The number of aromatic nitrogens is 2. The largest absolute Gasteiger partial charge is 0.311 e. The zero-order chi connectivity index (χ0) is 10.5. The van der Waals surface area contributed by atoms with Gasteiger partial charge in [0.05, 0.1) is 5.69 Å². The van der Waals surface area contributed by atoms with Crippen LogP contribution in [0.2, 0.25) is 0 Å². The molecule has 1 aliphatic carbocycles. The maximum absolute atomic E-state index is 4.41. The molecular weight excluding hydrogens is 186 g/mol. The second-order valence-corrected chi connectivity index (χ2v) is 4.48. The van der Waals surface area contributed by atoms with Crippen LogP contribution in [0.1, 0.15) is 56.3 Å². The van der Waals surface area contributed by atoms with Gasteiger partial charge in [0.1, 0.15) is 0 Å². The molecule has 2 N–H and O–H groups in total. The van der Waals surface area contributed by atoms with Gasteiger partial charge in [0.15, 0.2) is 0 Å². The number of nitrogens with zero attached hydrogens (tertiary/aromatic N) is 1. The fraction of sp³-hybridized carbons (Fsp3) is 0.750. The van der Waals surface area contributed by atoms with E-state index in [2.05, 4.69) is 28.5 Å². The molecule has 0 amide bonds. The van der Waals surface area contributed by atoms with Crippen molar-refractivity contribution in [2.45, 2.75) is 51.5 Å². The van der Waals surface area contributed by atoms with E-state index in [1.165, 1.54) is 43.5 Å². The van der Waals surface area contributed by atoms with E-state index < -0.39 is 0 Å². The van der Waals surface area contributed by atoms with Gasteiger partial charge in [-0.1, -0.05) is 19.8 Å². The van der Waals surface area contributed by atoms with Gasteiger partial charge in [-0.25, -0.2) is 0 Å². The van der Waals surface area contributed by atoms with E-state index in [0.717, 1.165) is 19.0 Å². The van der Waals surface area contributed by atoms with Gasteiger partial charge >= 0.3 is 0 Å². The van der Waals surface area contributed by atoms with E-state index >= 15 is 0 Å². The predicted octanol–water partition coefficient (Wildman–Crippen LogP) is 2.57. The number of nitrogens with one attached hydrogen (secondary N) is 2. The highest BCUT2D eigenvalue weighted by molar-refractivity contribution is 5.14. The van der Waals surface area contributed by atoms with Crippen LogP contribution in [-0.4, -0.2) is 16.7 Å². The minimum atomic E-state index is 0.723. The first-order chi connectivity index (χ1) is 7.40. The number of rotatable bonds is 5. The van der Waals surface area contributed by atoms with Crippen molar-refractivity contribution in [3.8, 4) is 0 Å². The Balaban J connectivity index is 1.86. The first-order valence-electron chi connectivity index (χ1n) is 6.15. The van der Waals surface area contributed by atoms with Gasteiger partial charge in [-0.2, -0.15) is 5.10 Å². The molecule has 84 valence electrons. The van der Waals surface area contributed by atoms with Gasteiger partial charge in [-0.15, -0.1) is 0 Å². The minimum absolute atomic E-state index is 0.723. The topological polar surface area (TPSA) is 40.7 Å². The van der Waals surface area contributed by atoms with E-state index in [-0.39, 0.29) is 0 Å². The van der Waals surface area contributed by atoms with Crippen molar-refractivity contribution in [2.24, 2.45) is 0 Å². The third kappa shape index (κ3) is 2.81. The van der Waals surface area contributed by atoms with Crippen LogP contribution < -0.4 is 5.32 Å². The maximum Gasteiger partial charge on any atom is 0.0656 e. The van der Waals surface area contributed by atoms with Crippen molar-refractivity contribution in [1.82, 2.24) is 15.5 Å². The molecule has 2 rings (SSSR count). The molecule has 0 unspecified atom stereocenters. The fourth-order valence-electron chi connectivity index (χ4n) is 2.30. The molecule has 0 aromatic carbocycles. The van der Waals surface area contributed by atoms with Crippen LogP contribution in [0.3, 0.4) is 0 Å². The van der Waals surface area contributed by atoms with E-state index in [1.54, 1.807) is 0 Å². The summed E-state index contributed by atoms with van der Waals surface area (Å²) in [5, 5.41) is 10.9.